The second-order valence-corrected chi connectivity index (χ2v) is 11.3. The quantitative estimate of drug-likeness (QED) is 0.311. The number of piperidine rings is 2. The molecule has 2 aliphatic rings. The maximum absolute atomic E-state index is 15.3. The van der Waals surface area contributed by atoms with Gasteiger partial charge in [0.2, 0.25) is 0 Å². The number of hydrogen-bond donors (Lipinski definition) is 2. The van der Waals surface area contributed by atoms with E-state index in [9.17, 15) is 18.0 Å². The number of alkyl halides is 4. The molecule has 2 fully saturated rings. The van der Waals surface area contributed by atoms with Crippen LogP contribution in [-0.4, -0.2) is 76.7 Å². The highest BCUT2D eigenvalue weighted by atomic mass is 19.4. The third kappa shape index (κ3) is 8.75. The van der Waals surface area contributed by atoms with Gasteiger partial charge in [-0.05, 0) is 73.8 Å². The molecule has 2 aliphatic heterocycles. The molecule has 2 atom stereocenters. The number of benzene rings is 1. The highest BCUT2D eigenvalue weighted by Crippen LogP contribution is 2.34. The number of halogens is 6. The zero-order valence-electron chi connectivity index (χ0n) is 24.8. The Hall–Kier alpha value is -3.65. The summed E-state index contributed by atoms with van der Waals surface area (Å²) in [5.74, 6) is -4.55. The van der Waals surface area contributed by atoms with E-state index in [1.54, 1.807) is 23.0 Å². The number of unbranched alkanes of at least 4 members (excludes halogenated alkanes) is 1. The maximum atomic E-state index is 15.3. The average molecular weight is 643 g/mol. The van der Waals surface area contributed by atoms with Crippen molar-refractivity contribution in [2.75, 3.05) is 32.7 Å². The Morgan fingerprint density at radius 3 is 2.40 bits per heavy atom. The Morgan fingerprint density at radius 1 is 1.13 bits per heavy atom. The number of nitrogens with zero attached hydrogens (tertiary/aromatic N) is 3. The summed E-state index contributed by atoms with van der Waals surface area (Å²) in [5, 5.41) is 11.4. The van der Waals surface area contributed by atoms with Gasteiger partial charge in [0, 0.05) is 50.3 Å². The number of aromatic nitrogens is 2. The van der Waals surface area contributed by atoms with Crippen molar-refractivity contribution in [3.63, 3.8) is 0 Å². The summed E-state index contributed by atoms with van der Waals surface area (Å²) in [4.78, 5) is 28.0. The monoisotopic (exact) mass is 642 g/mol. The van der Waals surface area contributed by atoms with Crippen molar-refractivity contribution < 1.29 is 41.0 Å². The summed E-state index contributed by atoms with van der Waals surface area (Å²) in [7, 11) is 0. The van der Waals surface area contributed by atoms with Gasteiger partial charge in [-0.1, -0.05) is 13.3 Å². The first kappa shape index (κ1) is 34.2. The van der Waals surface area contributed by atoms with Gasteiger partial charge in [0.25, 0.3) is 5.56 Å². The maximum Gasteiger partial charge on any atom is 0.490 e. The number of carbonyl (C=O) groups is 1. The first-order chi connectivity index (χ1) is 21.4. The van der Waals surface area contributed by atoms with E-state index >= 15 is 13.2 Å². The van der Waals surface area contributed by atoms with Gasteiger partial charge in [-0.25, -0.2) is 18.0 Å². The number of rotatable bonds is 8. The fraction of sp³-hybridized carbons (Fsp3) is 0.516. The molecule has 0 unspecified atom stereocenters. The summed E-state index contributed by atoms with van der Waals surface area (Å²) in [5.41, 5.74) is 0.617. The van der Waals surface area contributed by atoms with Crippen LogP contribution in [0.5, 0.6) is 5.75 Å². The van der Waals surface area contributed by atoms with E-state index in [1.807, 2.05) is 6.92 Å². The third-order valence-corrected chi connectivity index (χ3v) is 8.00. The van der Waals surface area contributed by atoms with Crippen LogP contribution in [0, 0.1) is 17.6 Å². The van der Waals surface area contributed by atoms with Crippen molar-refractivity contribution in [1.29, 1.82) is 0 Å². The van der Waals surface area contributed by atoms with E-state index in [0.29, 0.717) is 41.8 Å². The van der Waals surface area contributed by atoms with Gasteiger partial charge in [0.15, 0.2) is 17.4 Å². The molecule has 3 aromatic rings. The number of carboxylic acids is 1. The number of hydrogen-bond acceptors (Lipinski definition) is 6. The molecule has 0 amide bonds. The number of pyridine rings is 2. The minimum atomic E-state index is -5.08. The lowest BCUT2D eigenvalue weighted by molar-refractivity contribution is -0.192. The highest BCUT2D eigenvalue weighted by molar-refractivity contribution is 5.95. The molecule has 2 aromatic heterocycles. The minimum Gasteiger partial charge on any atom is -0.481 e. The van der Waals surface area contributed by atoms with E-state index in [-0.39, 0.29) is 17.7 Å². The molecule has 0 spiro atoms. The van der Waals surface area contributed by atoms with Crippen LogP contribution in [0.1, 0.15) is 39.0 Å². The standard InChI is InChI=1S/C29H35F3N4O2.C2HF3O2/c1-2-3-11-36-17-23(21-6-10-34-15-22(21)29(36)37)20-13-24(30)28(25(31)14-20)38-27-7-12-35(18-26(27)32)16-19-4-8-33-9-5-19;3-2(4,5)1(6)7/h6,10,13-15,17,19,26-27,33H,2-5,7-9,11-12,16,18H2,1H3;(H,6,7)/t26-,27-;/m1./s1. The molecule has 0 saturated carbocycles. The molecule has 2 saturated heterocycles. The van der Waals surface area contributed by atoms with Crippen LogP contribution in [0.25, 0.3) is 21.9 Å². The highest BCUT2D eigenvalue weighted by Gasteiger charge is 2.38. The van der Waals surface area contributed by atoms with Gasteiger partial charge >= 0.3 is 12.1 Å². The number of fused-ring (bicyclic) bond motifs is 1. The Bertz CT molecular complexity index is 1500. The minimum absolute atomic E-state index is 0.188. The van der Waals surface area contributed by atoms with Crippen LogP contribution in [0.3, 0.4) is 0 Å². The van der Waals surface area contributed by atoms with E-state index in [4.69, 9.17) is 14.6 Å². The molecule has 2 N–H and O–H groups in total. The van der Waals surface area contributed by atoms with Crippen LogP contribution in [0.15, 0.2) is 41.6 Å². The predicted octanol–water partition coefficient (Wildman–Crippen LogP) is 5.57. The second kappa shape index (κ2) is 15.1. The fourth-order valence-corrected chi connectivity index (χ4v) is 5.62. The lowest BCUT2D eigenvalue weighted by Gasteiger charge is -2.37. The summed E-state index contributed by atoms with van der Waals surface area (Å²) >= 11 is 0. The summed E-state index contributed by atoms with van der Waals surface area (Å²) in [6, 6.07) is 4.06. The van der Waals surface area contributed by atoms with Crippen molar-refractivity contribution in [2.45, 2.75) is 64.0 Å². The molecule has 5 rings (SSSR count). The zero-order chi connectivity index (χ0) is 32.7. The van der Waals surface area contributed by atoms with Crippen molar-refractivity contribution in [1.82, 2.24) is 19.8 Å². The van der Waals surface area contributed by atoms with Crippen LogP contribution in [0.2, 0.25) is 0 Å². The van der Waals surface area contributed by atoms with Crippen molar-refractivity contribution in [3.05, 3.63) is 58.8 Å². The van der Waals surface area contributed by atoms with Crippen molar-refractivity contribution in [3.8, 4) is 16.9 Å². The molecule has 0 radical (unpaired) electrons. The molecule has 4 heterocycles. The molecular formula is C31H36F6N4O4. The number of carboxylic acid groups (broad SMARTS) is 1. The lowest BCUT2D eigenvalue weighted by atomic mass is 9.96. The number of aliphatic carboxylic acids is 1. The van der Waals surface area contributed by atoms with E-state index in [2.05, 4.69) is 15.2 Å². The molecule has 0 aliphatic carbocycles. The summed E-state index contributed by atoms with van der Waals surface area (Å²) in [6.45, 7) is 6.18. The number of nitrogens with one attached hydrogen (secondary N) is 1. The van der Waals surface area contributed by atoms with Gasteiger partial charge in [-0.2, -0.15) is 13.2 Å². The smallest absolute Gasteiger partial charge is 0.481 e. The molecule has 45 heavy (non-hydrogen) atoms. The van der Waals surface area contributed by atoms with Crippen molar-refractivity contribution in [2.24, 2.45) is 5.92 Å². The van der Waals surface area contributed by atoms with Crippen LogP contribution in [-0.2, 0) is 11.3 Å². The molecule has 246 valence electrons. The fourth-order valence-electron chi connectivity index (χ4n) is 5.62. The molecule has 14 heteroatoms. The normalized spacial score (nSPS) is 19.6. The second-order valence-electron chi connectivity index (χ2n) is 11.3. The van der Waals surface area contributed by atoms with Crippen LogP contribution < -0.4 is 15.6 Å². The van der Waals surface area contributed by atoms with E-state index in [1.165, 1.54) is 18.3 Å². The molecule has 1 aromatic carbocycles. The molecular weight excluding hydrogens is 606 g/mol. The summed E-state index contributed by atoms with van der Waals surface area (Å²) in [6.07, 6.45) is 1.57. The first-order valence-electron chi connectivity index (χ1n) is 14.9. The predicted molar refractivity (Wildman–Crippen MR) is 156 cm³/mol. The first-order valence-corrected chi connectivity index (χ1v) is 14.9. The zero-order valence-corrected chi connectivity index (χ0v) is 24.8. The van der Waals surface area contributed by atoms with Crippen LogP contribution >= 0.6 is 0 Å². The largest absolute Gasteiger partial charge is 0.490 e. The van der Waals surface area contributed by atoms with E-state index < -0.39 is 41.8 Å². The lowest BCUT2D eigenvalue weighted by Crippen LogP contribution is -2.49. The topological polar surface area (TPSA) is 96.7 Å². The van der Waals surface area contributed by atoms with Gasteiger partial charge in [0.05, 0.1) is 5.39 Å². The Kier molecular flexibility index (Phi) is 11.5. The molecule has 8 nitrogen and oxygen atoms in total. The van der Waals surface area contributed by atoms with Gasteiger partial charge < -0.3 is 19.7 Å². The van der Waals surface area contributed by atoms with Crippen molar-refractivity contribution >= 4 is 16.7 Å². The Labute approximate surface area is 256 Å². The van der Waals surface area contributed by atoms with Gasteiger partial charge in [-0.3, -0.25) is 14.7 Å². The number of ether oxygens (including phenoxy) is 1. The van der Waals surface area contributed by atoms with Gasteiger partial charge in [0.1, 0.15) is 12.3 Å². The number of aryl methyl sites for hydroxylation is 1. The molecule has 0 bridgehead atoms. The average Bonchev–Trinajstić information content (AvgIpc) is 3.00. The van der Waals surface area contributed by atoms with Crippen LogP contribution in [0.4, 0.5) is 26.3 Å². The van der Waals surface area contributed by atoms with E-state index in [0.717, 1.165) is 45.3 Å². The summed E-state index contributed by atoms with van der Waals surface area (Å²) < 4.78 is 84.5. The Balaban J connectivity index is 0.000000591. The third-order valence-electron chi connectivity index (χ3n) is 8.00. The SMILES string of the molecule is CCCCn1cc(-c2cc(F)c(O[C@@H]3CCN(CC4CCNCC4)C[C@H]3F)c(F)c2)c2ccncc2c1=O.O=C(O)C(F)(F)F. The number of likely N-dealkylation sites (tertiary alicyclic amines) is 1. The Morgan fingerprint density at radius 2 is 1.80 bits per heavy atom. The van der Waals surface area contributed by atoms with Gasteiger partial charge in [-0.15, -0.1) is 0 Å².